The third-order valence-electron chi connectivity index (χ3n) is 12.2. The van der Waals surface area contributed by atoms with Crippen LogP contribution < -0.4 is 10.6 Å². The van der Waals surface area contributed by atoms with Gasteiger partial charge in [0.1, 0.15) is 11.2 Å². The van der Waals surface area contributed by atoms with Gasteiger partial charge in [0.15, 0.2) is 5.78 Å². The summed E-state index contributed by atoms with van der Waals surface area (Å²) in [5.41, 5.74) is -2.93. The second-order valence-electron chi connectivity index (χ2n) is 14.5. The van der Waals surface area contributed by atoms with Gasteiger partial charge in [0, 0.05) is 28.6 Å². The van der Waals surface area contributed by atoms with Crippen LogP contribution in [0.15, 0.2) is 36.4 Å². The summed E-state index contributed by atoms with van der Waals surface area (Å²) in [4.78, 5) is 41.4. The molecule has 2 bridgehead atoms. The number of aliphatic hydroxyl groups is 1. The van der Waals surface area contributed by atoms with Crippen LogP contribution in [0.1, 0.15) is 94.6 Å². The molecule has 3 atom stereocenters. The maximum Gasteiger partial charge on any atom is 0.309 e. The number of hydrogen-bond donors (Lipinski definition) is 4. The third-order valence-corrected chi connectivity index (χ3v) is 12.8. The number of fused-ring (bicyclic) bond motifs is 6. The van der Waals surface area contributed by atoms with E-state index in [1.54, 1.807) is 37.3 Å². The van der Waals surface area contributed by atoms with E-state index >= 15 is 4.39 Å². The first-order valence-electron chi connectivity index (χ1n) is 15.6. The second-order valence-corrected chi connectivity index (χ2v) is 15.3. The number of halogens is 3. The lowest BCUT2D eigenvalue weighted by Crippen LogP contribution is -2.62. The van der Waals surface area contributed by atoms with Crippen LogP contribution in [0.5, 0.6) is 0 Å². The molecule has 8 rings (SSSR count). The number of Topliss-reactive ketones (excluding diaryl/α,β-unsaturated/α-hetero) is 1. The topological polar surface area (TPSA) is 116 Å². The summed E-state index contributed by atoms with van der Waals surface area (Å²) in [5.74, 6) is -2.78. The first-order chi connectivity index (χ1) is 20.8. The van der Waals surface area contributed by atoms with Crippen molar-refractivity contribution in [3.8, 4) is 0 Å². The number of carbonyl (C=O) groups excluding carboxylic acids is 2. The summed E-state index contributed by atoms with van der Waals surface area (Å²) in [5, 5.41) is 27.9. The summed E-state index contributed by atoms with van der Waals surface area (Å²) >= 11 is 12.7. The van der Waals surface area contributed by atoms with Gasteiger partial charge >= 0.3 is 5.97 Å². The quantitative estimate of drug-likeness (QED) is 0.295. The van der Waals surface area contributed by atoms with Gasteiger partial charge in [0.05, 0.1) is 22.1 Å². The maximum atomic E-state index is 16.2. The molecule has 10 heteroatoms. The molecule has 4 saturated carbocycles. The average molecular weight is 644 g/mol. The van der Waals surface area contributed by atoms with Crippen molar-refractivity contribution in [2.75, 3.05) is 5.32 Å². The molecule has 0 radical (unpaired) electrons. The van der Waals surface area contributed by atoms with Gasteiger partial charge in [-0.3, -0.25) is 19.7 Å². The fourth-order valence-electron chi connectivity index (χ4n) is 9.66. The Hall–Kier alpha value is -2.52. The molecular formula is C34H37Cl2FN2O5. The third kappa shape index (κ3) is 4.16. The van der Waals surface area contributed by atoms with Crippen molar-refractivity contribution >= 4 is 46.5 Å². The van der Waals surface area contributed by atoms with Crippen LogP contribution in [0.3, 0.4) is 0 Å². The smallest absolute Gasteiger partial charge is 0.309 e. The van der Waals surface area contributed by atoms with E-state index in [9.17, 15) is 24.6 Å². The van der Waals surface area contributed by atoms with E-state index in [1.807, 2.05) is 0 Å². The van der Waals surface area contributed by atoms with Gasteiger partial charge in [-0.25, -0.2) is 4.39 Å². The minimum atomic E-state index is -1.38. The zero-order valence-corrected chi connectivity index (χ0v) is 26.2. The molecule has 2 heterocycles. The number of benzene rings is 2. The standard InChI is InChI=1S/C34H37Cl2FN2O5/c1-30(44)7-15-33(16-8-30)34(21-6-5-19(35)17-23(21)38-28(34)41)25(20-3-2-4-22(36)26(20)37)27(39-33)24(40)18-31-9-12-32(13-10-31,14-11-31)29(42)43/h2-6,17,25,27,39,44H,7-16,18H2,1H3,(H,38,41)(H,42,43)/t25-,27-,30?,31?,32?,33?,34+/m0/s1. The number of rotatable bonds is 5. The molecule has 1 saturated heterocycles. The highest BCUT2D eigenvalue weighted by Crippen LogP contribution is 2.64. The predicted molar refractivity (Wildman–Crippen MR) is 164 cm³/mol. The van der Waals surface area contributed by atoms with Crippen molar-refractivity contribution in [3.05, 3.63) is 63.4 Å². The van der Waals surface area contributed by atoms with Gasteiger partial charge < -0.3 is 15.5 Å². The SMILES string of the molecule is CC1(O)CCC2(CC1)N[C@@H](C(=O)CC13CCC(C(=O)O)(CC1)CC3)[C@H](c1cccc(Cl)c1F)[C@]21C(=O)Nc2cc(Cl)ccc21. The maximum absolute atomic E-state index is 16.2. The van der Waals surface area contributed by atoms with Crippen LogP contribution in [0.2, 0.25) is 10.0 Å². The van der Waals surface area contributed by atoms with Gasteiger partial charge in [-0.2, -0.15) is 0 Å². The van der Waals surface area contributed by atoms with Crippen molar-refractivity contribution in [1.29, 1.82) is 0 Å². The largest absolute Gasteiger partial charge is 0.481 e. The van der Waals surface area contributed by atoms with Gasteiger partial charge in [-0.05, 0) is 106 Å². The lowest BCUT2D eigenvalue weighted by atomic mass is 9.52. The molecule has 4 aliphatic carbocycles. The molecule has 0 aromatic heterocycles. The molecule has 4 N–H and O–H groups in total. The van der Waals surface area contributed by atoms with E-state index in [2.05, 4.69) is 10.6 Å². The Balaban J connectivity index is 1.38. The molecule has 44 heavy (non-hydrogen) atoms. The van der Waals surface area contributed by atoms with Gasteiger partial charge in [-0.15, -0.1) is 0 Å². The summed E-state index contributed by atoms with van der Waals surface area (Å²) in [7, 11) is 0. The van der Waals surface area contributed by atoms with Crippen molar-refractivity contribution in [2.45, 2.75) is 106 Å². The minimum Gasteiger partial charge on any atom is -0.481 e. The minimum absolute atomic E-state index is 0.0886. The number of amides is 1. The number of carboxylic acid groups (broad SMARTS) is 1. The van der Waals surface area contributed by atoms with Crippen LogP contribution in [-0.2, 0) is 19.8 Å². The van der Waals surface area contributed by atoms with E-state index < -0.39 is 45.7 Å². The van der Waals surface area contributed by atoms with Gasteiger partial charge in [0.25, 0.3) is 0 Å². The summed E-state index contributed by atoms with van der Waals surface area (Å²) in [6, 6.07) is 9.02. The Bertz CT molecular complexity index is 1560. The summed E-state index contributed by atoms with van der Waals surface area (Å²) in [6.07, 6.45) is 5.36. The van der Waals surface area contributed by atoms with Crippen LogP contribution in [0.25, 0.3) is 0 Å². The van der Waals surface area contributed by atoms with Crippen molar-refractivity contribution < 1.29 is 29.0 Å². The molecule has 5 fully saturated rings. The van der Waals surface area contributed by atoms with Gasteiger partial charge in [0.2, 0.25) is 5.91 Å². The number of carboxylic acids is 1. The van der Waals surface area contributed by atoms with E-state index in [0.29, 0.717) is 80.5 Å². The van der Waals surface area contributed by atoms with Crippen LogP contribution in [-0.4, -0.2) is 45.1 Å². The molecule has 0 unspecified atom stereocenters. The molecular weight excluding hydrogens is 606 g/mol. The summed E-state index contributed by atoms with van der Waals surface area (Å²) in [6.45, 7) is 1.78. The first-order valence-corrected chi connectivity index (χ1v) is 16.3. The molecule has 234 valence electrons. The predicted octanol–water partition coefficient (Wildman–Crippen LogP) is 6.53. The zero-order chi connectivity index (χ0) is 31.3. The van der Waals surface area contributed by atoms with Crippen LogP contribution in [0, 0.1) is 16.6 Å². The summed E-state index contributed by atoms with van der Waals surface area (Å²) < 4.78 is 16.2. The number of anilines is 1. The van der Waals surface area contributed by atoms with Gasteiger partial charge in [-0.1, -0.05) is 41.4 Å². The Kier molecular flexibility index (Phi) is 6.84. The number of nitrogens with one attached hydrogen (secondary N) is 2. The Morgan fingerprint density at radius 2 is 1.64 bits per heavy atom. The van der Waals surface area contributed by atoms with Crippen molar-refractivity contribution in [2.24, 2.45) is 10.8 Å². The molecule has 1 amide bonds. The molecule has 2 aromatic carbocycles. The normalized spacial score (nSPS) is 39.1. The van der Waals surface area contributed by atoms with E-state index in [4.69, 9.17) is 23.2 Å². The Morgan fingerprint density at radius 3 is 2.27 bits per heavy atom. The lowest BCUT2D eigenvalue weighted by Gasteiger charge is -2.51. The average Bonchev–Trinajstić information content (AvgIpc) is 3.45. The molecule has 2 aromatic rings. The Labute approximate surface area is 265 Å². The number of hydrogen-bond acceptors (Lipinski definition) is 5. The first kappa shape index (κ1) is 30.2. The Morgan fingerprint density at radius 1 is 0.977 bits per heavy atom. The fourth-order valence-corrected chi connectivity index (χ4v) is 10.0. The molecule has 2 spiro atoms. The lowest BCUT2D eigenvalue weighted by molar-refractivity contribution is -0.159. The van der Waals surface area contributed by atoms with Crippen LogP contribution >= 0.6 is 23.2 Å². The highest BCUT2D eigenvalue weighted by Gasteiger charge is 2.73. The monoisotopic (exact) mass is 642 g/mol. The van der Waals surface area contributed by atoms with Crippen molar-refractivity contribution in [1.82, 2.24) is 5.32 Å². The van der Waals surface area contributed by atoms with E-state index in [-0.39, 0.29) is 34.1 Å². The number of carbonyl (C=O) groups is 3. The molecule has 6 aliphatic rings. The molecule has 2 aliphatic heterocycles. The molecule has 7 nitrogen and oxygen atoms in total. The zero-order valence-electron chi connectivity index (χ0n) is 24.7. The van der Waals surface area contributed by atoms with E-state index in [0.717, 1.165) is 0 Å². The number of ketones is 1. The fraction of sp³-hybridized carbons (Fsp3) is 0.559. The highest BCUT2D eigenvalue weighted by atomic mass is 35.5. The van der Waals surface area contributed by atoms with E-state index in [1.165, 1.54) is 6.07 Å². The van der Waals surface area contributed by atoms with Crippen molar-refractivity contribution in [3.63, 3.8) is 0 Å². The number of aliphatic carboxylic acids is 1. The van der Waals surface area contributed by atoms with Crippen LogP contribution in [0.4, 0.5) is 10.1 Å². The second kappa shape index (κ2) is 9.99. The highest BCUT2D eigenvalue weighted by molar-refractivity contribution is 6.31.